The number of hydrogen-bond acceptors (Lipinski definition) is 6. The van der Waals surface area contributed by atoms with Crippen LogP contribution in [-0.4, -0.2) is 56.8 Å². The van der Waals surface area contributed by atoms with Crippen molar-refractivity contribution in [3.05, 3.63) is 54.1 Å². The van der Waals surface area contributed by atoms with Gasteiger partial charge in [0.2, 0.25) is 0 Å². The lowest BCUT2D eigenvalue weighted by Gasteiger charge is -2.14. The van der Waals surface area contributed by atoms with E-state index in [1.54, 1.807) is 48.5 Å². The number of carbonyl (C=O) groups excluding carboxylic acids is 1. The van der Waals surface area contributed by atoms with Gasteiger partial charge >= 0.3 is 6.03 Å². The maximum Gasteiger partial charge on any atom is 0.319 e. The highest BCUT2D eigenvalue weighted by molar-refractivity contribution is 5.89. The molecule has 0 aliphatic carbocycles. The van der Waals surface area contributed by atoms with Crippen molar-refractivity contribution in [2.75, 3.05) is 44.8 Å². The van der Waals surface area contributed by atoms with Crippen LogP contribution in [0, 0.1) is 11.3 Å². The molecule has 2 aromatic rings. The first-order valence-corrected chi connectivity index (χ1v) is 9.96. The minimum absolute atomic E-state index is 0.0487. The van der Waals surface area contributed by atoms with Crippen LogP contribution < -0.4 is 25.4 Å². The number of anilines is 1. The monoisotopic (exact) mass is 430 g/mol. The summed E-state index contributed by atoms with van der Waals surface area (Å²) < 4.78 is 22.9. The molecule has 0 saturated carbocycles. The quantitative estimate of drug-likeness (QED) is 0.363. The second-order valence-corrected chi connectivity index (χ2v) is 6.57. The van der Waals surface area contributed by atoms with Gasteiger partial charge in [-0.15, -0.1) is 0 Å². The largest absolute Gasteiger partial charge is 0.493 e. The molecule has 0 aliphatic rings. The summed E-state index contributed by atoms with van der Waals surface area (Å²) in [5.74, 6) is 1.05. The Bertz CT molecular complexity index is 842. The highest BCUT2D eigenvalue weighted by Crippen LogP contribution is 2.17. The molecule has 9 heteroatoms. The van der Waals surface area contributed by atoms with Crippen molar-refractivity contribution in [1.29, 1.82) is 5.26 Å². The highest BCUT2D eigenvalue weighted by atomic mass is 19.1. The van der Waals surface area contributed by atoms with Gasteiger partial charge in [0, 0.05) is 31.7 Å². The van der Waals surface area contributed by atoms with Crippen LogP contribution in [0.1, 0.15) is 12.0 Å². The number of aliphatic hydroxyl groups excluding tert-OH is 1. The number of benzene rings is 2. The average molecular weight is 430 g/mol. The van der Waals surface area contributed by atoms with Crippen molar-refractivity contribution in [3.8, 4) is 17.6 Å². The molecule has 2 amide bonds. The Labute approximate surface area is 181 Å². The van der Waals surface area contributed by atoms with Gasteiger partial charge in [0.25, 0.3) is 0 Å². The fourth-order valence-electron chi connectivity index (χ4n) is 2.52. The van der Waals surface area contributed by atoms with Crippen LogP contribution in [-0.2, 0) is 0 Å². The van der Waals surface area contributed by atoms with E-state index in [4.69, 9.17) is 14.7 Å². The van der Waals surface area contributed by atoms with Crippen LogP contribution in [0.25, 0.3) is 0 Å². The number of rotatable bonds is 13. The Hall–Kier alpha value is -3.35. The lowest BCUT2D eigenvalue weighted by Crippen LogP contribution is -2.38. The fraction of sp³-hybridized carbons (Fsp3) is 0.364. The minimum Gasteiger partial charge on any atom is -0.493 e. The predicted octanol–water partition coefficient (Wildman–Crippen LogP) is 2.45. The van der Waals surface area contributed by atoms with Crippen LogP contribution in [0.2, 0.25) is 0 Å². The Morgan fingerprint density at radius 2 is 1.90 bits per heavy atom. The summed E-state index contributed by atoms with van der Waals surface area (Å²) in [6, 6.07) is 15.3. The lowest BCUT2D eigenvalue weighted by molar-refractivity contribution is 0.106. The van der Waals surface area contributed by atoms with E-state index >= 15 is 0 Å². The summed E-state index contributed by atoms with van der Waals surface area (Å²) in [6.07, 6.45) is -0.415. The first-order chi connectivity index (χ1) is 15.1. The first kappa shape index (κ1) is 23.9. The second kappa shape index (κ2) is 13.8. The standard InChI is InChI=1S/C22H27FN4O4/c23-10-3-13-30-20-8-6-18(7-9-20)27-22(29)26-12-11-25-15-19(28)16-31-21-5-2-1-4-17(21)14-24/h1-2,4-9,19,25,28H,3,10-13,15-16H2,(H2,26,27,29). The van der Waals surface area contributed by atoms with Crippen LogP contribution in [0.3, 0.4) is 0 Å². The van der Waals surface area contributed by atoms with Gasteiger partial charge in [0.1, 0.15) is 30.3 Å². The molecule has 0 aliphatic heterocycles. The van der Waals surface area contributed by atoms with Crippen molar-refractivity contribution in [2.45, 2.75) is 12.5 Å². The molecule has 0 heterocycles. The molecule has 2 aromatic carbocycles. The third kappa shape index (κ3) is 9.33. The maximum absolute atomic E-state index is 12.1. The molecule has 0 aromatic heterocycles. The molecule has 1 unspecified atom stereocenters. The van der Waals surface area contributed by atoms with Crippen LogP contribution >= 0.6 is 0 Å². The van der Waals surface area contributed by atoms with Crippen molar-refractivity contribution < 1.29 is 23.8 Å². The molecular weight excluding hydrogens is 403 g/mol. The minimum atomic E-state index is -0.758. The molecule has 4 N–H and O–H groups in total. The molecule has 0 radical (unpaired) electrons. The number of hydrogen-bond donors (Lipinski definition) is 4. The molecule has 0 bridgehead atoms. The molecule has 8 nitrogen and oxygen atoms in total. The van der Waals surface area contributed by atoms with E-state index < -0.39 is 12.8 Å². The summed E-state index contributed by atoms with van der Waals surface area (Å²) in [4.78, 5) is 11.9. The number of ether oxygens (including phenoxy) is 2. The van der Waals surface area contributed by atoms with E-state index in [0.717, 1.165) is 0 Å². The van der Waals surface area contributed by atoms with Gasteiger partial charge in [-0.3, -0.25) is 4.39 Å². The SMILES string of the molecule is N#Cc1ccccc1OCC(O)CNCCNC(=O)Nc1ccc(OCCCF)cc1. The van der Waals surface area contributed by atoms with Crippen molar-refractivity contribution in [1.82, 2.24) is 10.6 Å². The smallest absolute Gasteiger partial charge is 0.319 e. The number of nitrogens with zero attached hydrogens (tertiary/aromatic N) is 1. The summed E-state index contributed by atoms with van der Waals surface area (Å²) in [5, 5.41) is 27.4. The van der Waals surface area contributed by atoms with Crippen molar-refractivity contribution >= 4 is 11.7 Å². The Kier molecular flexibility index (Phi) is 10.6. The molecule has 0 spiro atoms. The number of urea groups is 1. The van der Waals surface area contributed by atoms with Gasteiger partial charge in [0.05, 0.1) is 18.8 Å². The summed E-state index contributed by atoms with van der Waals surface area (Å²) in [5.41, 5.74) is 1.02. The van der Waals surface area contributed by atoms with Gasteiger partial charge in [-0.25, -0.2) is 4.79 Å². The van der Waals surface area contributed by atoms with Gasteiger partial charge < -0.3 is 30.5 Å². The van der Waals surface area contributed by atoms with Crippen molar-refractivity contribution in [3.63, 3.8) is 0 Å². The number of halogens is 1. The Morgan fingerprint density at radius 3 is 2.65 bits per heavy atom. The molecular formula is C22H27FN4O4. The normalized spacial score (nSPS) is 11.3. The number of aliphatic hydroxyl groups is 1. The van der Waals surface area contributed by atoms with E-state index in [2.05, 4.69) is 16.0 Å². The third-order valence-corrected chi connectivity index (χ3v) is 4.06. The molecule has 166 valence electrons. The summed E-state index contributed by atoms with van der Waals surface area (Å²) in [7, 11) is 0. The highest BCUT2D eigenvalue weighted by Gasteiger charge is 2.08. The zero-order chi connectivity index (χ0) is 22.3. The topological polar surface area (TPSA) is 116 Å². The number of amides is 2. The number of carbonyl (C=O) groups is 1. The third-order valence-electron chi connectivity index (χ3n) is 4.06. The van der Waals surface area contributed by atoms with Gasteiger partial charge in [-0.2, -0.15) is 5.26 Å². The second-order valence-electron chi connectivity index (χ2n) is 6.57. The zero-order valence-electron chi connectivity index (χ0n) is 17.1. The molecule has 0 fully saturated rings. The summed E-state index contributed by atoms with van der Waals surface area (Å²) >= 11 is 0. The van der Waals surface area contributed by atoms with E-state index in [1.807, 2.05) is 6.07 Å². The number of nitriles is 1. The number of para-hydroxylation sites is 1. The fourth-order valence-corrected chi connectivity index (χ4v) is 2.52. The molecule has 31 heavy (non-hydrogen) atoms. The van der Waals surface area contributed by atoms with Crippen molar-refractivity contribution in [2.24, 2.45) is 0 Å². The molecule has 1 atom stereocenters. The molecule has 2 rings (SSSR count). The number of nitrogens with one attached hydrogen (secondary N) is 3. The Balaban J connectivity index is 1.56. The molecule has 0 saturated heterocycles. The van der Waals surface area contributed by atoms with Gasteiger partial charge in [-0.05, 0) is 36.4 Å². The Morgan fingerprint density at radius 1 is 1.13 bits per heavy atom. The maximum atomic E-state index is 12.1. The average Bonchev–Trinajstić information content (AvgIpc) is 2.79. The van der Waals surface area contributed by atoms with Crippen LogP contribution in [0.15, 0.2) is 48.5 Å². The summed E-state index contributed by atoms with van der Waals surface area (Å²) in [6.45, 7) is 1.04. The first-order valence-electron chi connectivity index (χ1n) is 9.96. The number of alkyl halides is 1. The van der Waals surface area contributed by atoms with Gasteiger partial charge in [0.15, 0.2) is 0 Å². The van der Waals surface area contributed by atoms with E-state index in [-0.39, 0.29) is 19.2 Å². The zero-order valence-corrected chi connectivity index (χ0v) is 17.1. The van der Waals surface area contributed by atoms with Gasteiger partial charge in [-0.1, -0.05) is 12.1 Å². The van der Waals surface area contributed by atoms with Crippen LogP contribution in [0.4, 0.5) is 14.9 Å². The van der Waals surface area contributed by atoms with Crippen LogP contribution in [0.5, 0.6) is 11.5 Å². The van der Waals surface area contributed by atoms with E-state index in [9.17, 15) is 14.3 Å². The van der Waals surface area contributed by atoms with E-state index in [1.165, 1.54) is 0 Å². The predicted molar refractivity (Wildman–Crippen MR) is 115 cm³/mol. The lowest BCUT2D eigenvalue weighted by atomic mass is 10.2. The van der Waals surface area contributed by atoms with E-state index in [0.29, 0.717) is 48.9 Å².